The Bertz CT molecular complexity index is 497. The van der Waals surface area contributed by atoms with Crippen molar-refractivity contribution in [3.8, 4) is 5.75 Å². The molecule has 0 aliphatic carbocycles. The number of rotatable bonds is 4. The number of para-hydroxylation sites is 1. The van der Waals surface area contributed by atoms with Gasteiger partial charge in [-0.05, 0) is 36.2 Å². The number of aromatic nitrogens is 1. The summed E-state index contributed by atoms with van der Waals surface area (Å²) >= 11 is 0. The van der Waals surface area contributed by atoms with Crippen LogP contribution in [-0.2, 0) is 13.2 Å². The number of benzene rings is 1. The second-order valence-electron chi connectivity index (χ2n) is 3.91. The SMILES string of the molecule is Cc1ccccc1OCc1cc(CN)ccn1. The molecule has 2 aromatic rings. The third kappa shape index (κ3) is 3.04. The predicted molar refractivity (Wildman–Crippen MR) is 67.6 cm³/mol. The van der Waals surface area contributed by atoms with Crippen LogP contribution < -0.4 is 10.5 Å². The molecule has 0 radical (unpaired) electrons. The van der Waals surface area contributed by atoms with Crippen molar-refractivity contribution in [2.45, 2.75) is 20.1 Å². The van der Waals surface area contributed by atoms with Crippen LogP contribution in [0.4, 0.5) is 0 Å². The van der Waals surface area contributed by atoms with Crippen LogP contribution in [0.5, 0.6) is 5.75 Å². The fraction of sp³-hybridized carbons (Fsp3) is 0.214. The van der Waals surface area contributed by atoms with Crippen molar-refractivity contribution >= 4 is 0 Å². The summed E-state index contributed by atoms with van der Waals surface area (Å²) in [5.74, 6) is 0.896. The van der Waals surface area contributed by atoms with Crippen molar-refractivity contribution < 1.29 is 4.74 Å². The second kappa shape index (κ2) is 5.46. The van der Waals surface area contributed by atoms with E-state index in [0.29, 0.717) is 13.2 Å². The molecule has 0 bridgehead atoms. The molecule has 0 saturated heterocycles. The topological polar surface area (TPSA) is 48.1 Å². The Kier molecular flexibility index (Phi) is 3.73. The summed E-state index contributed by atoms with van der Waals surface area (Å²) in [7, 11) is 0. The lowest BCUT2D eigenvalue weighted by molar-refractivity contribution is 0.299. The molecule has 0 amide bonds. The molecule has 3 nitrogen and oxygen atoms in total. The zero-order valence-electron chi connectivity index (χ0n) is 9.89. The monoisotopic (exact) mass is 228 g/mol. The van der Waals surface area contributed by atoms with Gasteiger partial charge < -0.3 is 10.5 Å². The number of nitrogens with two attached hydrogens (primary N) is 1. The van der Waals surface area contributed by atoms with Gasteiger partial charge in [0.1, 0.15) is 12.4 Å². The summed E-state index contributed by atoms with van der Waals surface area (Å²) in [5.41, 5.74) is 8.68. The van der Waals surface area contributed by atoms with Crippen LogP contribution in [0.25, 0.3) is 0 Å². The summed E-state index contributed by atoms with van der Waals surface area (Å²) in [4.78, 5) is 4.25. The molecule has 0 spiro atoms. The number of hydrogen-bond donors (Lipinski definition) is 1. The van der Waals surface area contributed by atoms with E-state index in [1.807, 2.05) is 43.3 Å². The minimum absolute atomic E-state index is 0.471. The standard InChI is InChI=1S/C14H16N2O/c1-11-4-2-3-5-14(11)17-10-13-8-12(9-15)6-7-16-13/h2-8H,9-10,15H2,1H3. The van der Waals surface area contributed by atoms with Crippen molar-refractivity contribution in [3.63, 3.8) is 0 Å². The minimum Gasteiger partial charge on any atom is -0.487 e. The Balaban J connectivity index is 2.05. The van der Waals surface area contributed by atoms with E-state index in [4.69, 9.17) is 10.5 Å². The van der Waals surface area contributed by atoms with Gasteiger partial charge in [0.25, 0.3) is 0 Å². The van der Waals surface area contributed by atoms with Crippen molar-refractivity contribution in [3.05, 3.63) is 59.4 Å². The first-order valence-corrected chi connectivity index (χ1v) is 5.62. The van der Waals surface area contributed by atoms with Crippen LogP contribution in [0.2, 0.25) is 0 Å². The molecule has 1 heterocycles. The van der Waals surface area contributed by atoms with Gasteiger partial charge in [-0.15, -0.1) is 0 Å². The average molecular weight is 228 g/mol. The van der Waals surface area contributed by atoms with Crippen LogP contribution in [0.1, 0.15) is 16.8 Å². The Morgan fingerprint density at radius 3 is 2.82 bits per heavy atom. The zero-order valence-corrected chi connectivity index (χ0v) is 9.89. The largest absolute Gasteiger partial charge is 0.487 e. The summed E-state index contributed by atoms with van der Waals surface area (Å²) in [6.45, 7) is 3.03. The third-order valence-electron chi connectivity index (χ3n) is 2.59. The summed E-state index contributed by atoms with van der Waals surface area (Å²) in [6.07, 6.45) is 1.76. The fourth-order valence-electron chi connectivity index (χ4n) is 1.60. The molecule has 0 aliphatic rings. The molecule has 17 heavy (non-hydrogen) atoms. The van der Waals surface area contributed by atoms with Crippen molar-refractivity contribution in [1.82, 2.24) is 4.98 Å². The van der Waals surface area contributed by atoms with Gasteiger partial charge in [0.2, 0.25) is 0 Å². The lowest BCUT2D eigenvalue weighted by Crippen LogP contribution is -2.02. The van der Waals surface area contributed by atoms with Gasteiger partial charge in [-0.2, -0.15) is 0 Å². The van der Waals surface area contributed by atoms with E-state index < -0.39 is 0 Å². The van der Waals surface area contributed by atoms with Gasteiger partial charge in [-0.1, -0.05) is 18.2 Å². The maximum Gasteiger partial charge on any atom is 0.130 e. The van der Waals surface area contributed by atoms with Gasteiger partial charge >= 0.3 is 0 Å². The molecule has 0 saturated carbocycles. The van der Waals surface area contributed by atoms with Crippen LogP contribution >= 0.6 is 0 Å². The van der Waals surface area contributed by atoms with E-state index in [-0.39, 0.29) is 0 Å². The maximum atomic E-state index is 5.72. The van der Waals surface area contributed by atoms with E-state index in [1.165, 1.54) is 0 Å². The number of nitrogens with zero attached hydrogens (tertiary/aromatic N) is 1. The average Bonchev–Trinajstić information content (AvgIpc) is 2.38. The molecule has 0 aliphatic heterocycles. The number of ether oxygens (including phenoxy) is 1. The lowest BCUT2D eigenvalue weighted by atomic mass is 10.2. The summed E-state index contributed by atoms with van der Waals surface area (Å²) in [5, 5.41) is 0. The van der Waals surface area contributed by atoms with Crippen molar-refractivity contribution in [2.75, 3.05) is 0 Å². The van der Waals surface area contributed by atoms with Crippen LogP contribution in [0, 0.1) is 6.92 Å². The highest BCUT2D eigenvalue weighted by Crippen LogP contribution is 2.17. The number of aryl methyl sites for hydroxylation is 1. The van der Waals surface area contributed by atoms with Gasteiger partial charge in [-0.25, -0.2) is 0 Å². The Hall–Kier alpha value is -1.87. The molecule has 2 rings (SSSR count). The predicted octanol–water partition coefficient (Wildman–Crippen LogP) is 2.43. The first kappa shape index (κ1) is 11.6. The van der Waals surface area contributed by atoms with Gasteiger partial charge in [0, 0.05) is 12.7 Å². The quantitative estimate of drug-likeness (QED) is 0.874. The summed E-state index contributed by atoms with van der Waals surface area (Å²) < 4.78 is 5.72. The molecule has 88 valence electrons. The molecule has 3 heteroatoms. The van der Waals surface area contributed by atoms with Crippen molar-refractivity contribution in [1.29, 1.82) is 0 Å². The molecule has 1 aromatic carbocycles. The zero-order chi connectivity index (χ0) is 12.1. The van der Waals surface area contributed by atoms with Gasteiger partial charge in [-0.3, -0.25) is 4.98 Å². The highest BCUT2D eigenvalue weighted by molar-refractivity contribution is 5.31. The smallest absolute Gasteiger partial charge is 0.130 e. The Morgan fingerprint density at radius 1 is 1.24 bits per heavy atom. The van der Waals surface area contributed by atoms with Crippen LogP contribution in [0.15, 0.2) is 42.6 Å². The van der Waals surface area contributed by atoms with Crippen LogP contribution in [0.3, 0.4) is 0 Å². The highest BCUT2D eigenvalue weighted by atomic mass is 16.5. The van der Waals surface area contributed by atoms with E-state index in [0.717, 1.165) is 22.6 Å². The first-order valence-electron chi connectivity index (χ1n) is 5.62. The van der Waals surface area contributed by atoms with Gasteiger partial charge in [0.05, 0.1) is 5.69 Å². The van der Waals surface area contributed by atoms with E-state index in [9.17, 15) is 0 Å². The molecular weight excluding hydrogens is 212 g/mol. The van der Waals surface area contributed by atoms with Crippen molar-refractivity contribution in [2.24, 2.45) is 5.73 Å². The normalized spacial score (nSPS) is 10.2. The molecule has 0 unspecified atom stereocenters. The summed E-state index contributed by atoms with van der Waals surface area (Å²) in [6, 6.07) is 11.8. The van der Waals surface area contributed by atoms with E-state index >= 15 is 0 Å². The molecular formula is C14H16N2O. The first-order chi connectivity index (χ1) is 8.29. The molecule has 0 atom stereocenters. The number of pyridine rings is 1. The van der Waals surface area contributed by atoms with Gasteiger partial charge in [0.15, 0.2) is 0 Å². The number of hydrogen-bond acceptors (Lipinski definition) is 3. The molecule has 2 N–H and O–H groups in total. The van der Waals surface area contributed by atoms with E-state index in [1.54, 1.807) is 6.20 Å². The molecule has 1 aromatic heterocycles. The minimum atomic E-state index is 0.471. The van der Waals surface area contributed by atoms with Crippen LogP contribution in [-0.4, -0.2) is 4.98 Å². The Morgan fingerprint density at radius 2 is 2.06 bits per heavy atom. The van der Waals surface area contributed by atoms with E-state index in [2.05, 4.69) is 4.98 Å². The highest BCUT2D eigenvalue weighted by Gasteiger charge is 2.00. The fourth-order valence-corrected chi connectivity index (χ4v) is 1.60. The lowest BCUT2D eigenvalue weighted by Gasteiger charge is -2.08. The maximum absolute atomic E-state index is 5.72. The Labute approximate surface area is 101 Å². The third-order valence-corrected chi connectivity index (χ3v) is 2.59. The molecule has 0 fully saturated rings. The second-order valence-corrected chi connectivity index (χ2v) is 3.91.